The van der Waals surface area contributed by atoms with E-state index in [0.717, 1.165) is 0 Å². The maximum Gasteiger partial charge on any atom is 0.410 e. The second-order valence-electron chi connectivity index (χ2n) is 9.11. The molecule has 2 amide bonds. The Morgan fingerprint density at radius 2 is 1.91 bits per heavy atom. The van der Waals surface area contributed by atoms with Crippen LogP contribution < -0.4 is 19.5 Å². The van der Waals surface area contributed by atoms with Gasteiger partial charge in [0.05, 0.1) is 43.6 Å². The monoisotopic (exact) mass is 484 g/mol. The topological polar surface area (TPSA) is 95.6 Å². The van der Waals surface area contributed by atoms with Gasteiger partial charge in [-0.3, -0.25) is 4.79 Å². The summed E-state index contributed by atoms with van der Waals surface area (Å²) in [6.07, 6.45) is 0.754. The van der Waals surface area contributed by atoms with E-state index in [-0.39, 0.29) is 34.6 Å². The van der Waals surface area contributed by atoms with Crippen molar-refractivity contribution in [2.24, 2.45) is 5.92 Å². The molecule has 2 aliphatic rings. The zero-order chi connectivity index (χ0) is 24.2. The third kappa shape index (κ3) is 6.14. The van der Waals surface area contributed by atoms with Gasteiger partial charge in [0.25, 0.3) is 5.91 Å². The molecule has 10 heteroatoms. The van der Waals surface area contributed by atoms with Crippen LogP contribution in [0.1, 0.15) is 44.0 Å². The minimum atomic E-state index is -0.562. The maximum atomic E-state index is 13.1. The summed E-state index contributed by atoms with van der Waals surface area (Å²) in [5.41, 5.74) is -0.272. The lowest BCUT2D eigenvalue weighted by atomic mass is 9.93. The Hall–Kier alpha value is -2.39. The molecule has 33 heavy (non-hydrogen) atoms. The molecule has 2 aliphatic heterocycles. The van der Waals surface area contributed by atoms with Crippen LogP contribution in [0.2, 0.25) is 5.02 Å². The van der Waals surface area contributed by atoms with Gasteiger partial charge in [-0.15, -0.1) is 0 Å². The number of nitrogens with one attached hydrogen (secondary N) is 1. The highest BCUT2D eigenvalue weighted by molar-refractivity contribution is 6.33. The largest absolute Gasteiger partial charge is 0.491 e. The molecule has 0 aromatic heterocycles. The summed E-state index contributed by atoms with van der Waals surface area (Å²) in [7, 11) is 3.09. The smallest absolute Gasteiger partial charge is 0.410 e. The van der Waals surface area contributed by atoms with Gasteiger partial charge in [0.2, 0.25) is 5.75 Å². The molecule has 1 fully saturated rings. The van der Waals surface area contributed by atoms with Crippen LogP contribution in [0.15, 0.2) is 6.07 Å². The number of methoxy groups -OCH3 is 2. The minimum Gasteiger partial charge on any atom is -0.491 e. The number of halogens is 1. The normalized spacial score (nSPS) is 20.6. The van der Waals surface area contributed by atoms with Crippen molar-refractivity contribution in [3.8, 4) is 17.2 Å². The van der Waals surface area contributed by atoms with Gasteiger partial charge < -0.3 is 33.9 Å². The van der Waals surface area contributed by atoms with Crippen molar-refractivity contribution in [1.29, 1.82) is 0 Å². The van der Waals surface area contributed by atoms with Gasteiger partial charge in [-0.2, -0.15) is 0 Å². The average molecular weight is 485 g/mol. The Morgan fingerprint density at radius 1 is 1.21 bits per heavy atom. The summed E-state index contributed by atoms with van der Waals surface area (Å²) in [5, 5.41) is 3.23. The molecule has 0 radical (unpaired) electrons. The predicted octanol–water partition coefficient (Wildman–Crippen LogP) is 3.51. The van der Waals surface area contributed by atoms with Crippen LogP contribution in [0.25, 0.3) is 0 Å². The molecule has 184 valence electrons. The third-order valence-electron chi connectivity index (χ3n) is 5.55. The first-order valence-electron chi connectivity index (χ1n) is 11.1. The lowest BCUT2D eigenvalue weighted by Gasteiger charge is -2.38. The van der Waals surface area contributed by atoms with Crippen LogP contribution in [0, 0.1) is 5.92 Å². The molecule has 2 atom stereocenters. The summed E-state index contributed by atoms with van der Waals surface area (Å²) < 4.78 is 28.0. The molecule has 3 rings (SSSR count). The molecule has 2 heterocycles. The molecular weight excluding hydrogens is 452 g/mol. The number of carbonyl (C=O) groups is 2. The fourth-order valence-corrected chi connectivity index (χ4v) is 4.18. The summed E-state index contributed by atoms with van der Waals surface area (Å²) in [4.78, 5) is 27.1. The van der Waals surface area contributed by atoms with Crippen molar-refractivity contribution < 1.29 is 33.3 Å². The van der Waals surface area contributed by atoms with Gasteiger partial charge in [0.15, 0.2) is 11.5 Å². The molecule has 0 aliphatic carbocycles. The number of hydrogen-bond acceptors (Lipinski definition) is 7. The van der Waals surface area contributed by atoms with Crippen LogP contribution in [0.4, 0.5) is 4.79 Å². The Balaban J connectivity index is 1.67. The van der Waals surface area contributed by atoms with E-state index in [1.54, 1.807) is 12.0 Å². The molecule has 1 unspecified atom stereocenters. The summed E-state index contributed by atoms with van der Waals surface area (Å²) >= 11 is 6.34. The fraction of sp³-hybridized carbons (Fsp3) is 0.652. The van der Waals surface area contributed by atoms with Crippen LogP contribution in [0.3, 0.4) is 0 Å². The zero-order valence-corrected chi connectivity index (χ0v) is 20.6. The number of fused-ring (bicyclic) bond motifs is 1. The average Bonchev–Trinajstić information content (AvgIpc) is 3.01. The highest BCUT2D eigenvalue weighted by atomic mass is 35.5. The van der Waals surface area contributed by atoms with Gasteiger partial charge in [-0.25, -0.2) is 4.79 Å². The second-order valence-corrected chi connectivity index (χ2v) is 9.51. The van der Waals surface area contributed by atoms with E-state index >= 15 is 0 Å². The lowest BCUT2D eigenvalue weighted by Crippen LogP contribution is -2.51. The zero-order valence-electron chi connectivity index (χ0n) is 19.9. The summed E-state index contributed by atoms with van der Waals surface area (Å²) in [5.74, 6) is 0.717. The van der Waals surface area contributed by atoms with Gasteiger partial charge in [0.1, 0.15) is 5.60 Å². The Morgan fingerprint density at radius 3 is 2.55 bits per heavy atom. The number of carbonyl (C=O) groups excluding carboxylic acids is 2. The van der Waals surface area contributed by atoms with Crippen molar-refractivity contribution in [3.63, 3.8) is 0 Å². The van der Waals surface area contributed by atoms with Crippen LogP contribution in [-0.4, -0.2) is 75.7 Å². The van der Waals surface area contributed by atoms with E-state index in [0.29, 0.717) is 62.9 Å². The predicted molar refractivity (Wildman–Crippen MR) is 123 cm³/mol. The van der Waals surface area contributed by atoms with Crippen LogP contribution >= 0.6 is 11.6 Å². The Bertz CT molecular complexity index is 871. The van der Waals surface area contributed by atoms with Gasteiger partial charge in [-0.1, -0.05) is 11.6 Å². The minimum absolute atomic E-state index is 0.0297. The first-order valence-corrected chi connectivity index (χ1v) is 11.5. The number of likely N-dealkylation sites (tertiary alicyclic amines) is 1. The number of piperidine rings is 1. The van der Waals surface area contributed by atoms with Crippen LogP contribution in [0.5, 0.6) is 17.2 Å². The number of benzene rings is 1. The van der Waals surface area contributed by atoms with Gasteiger partial charge in [-0.05, 0) is 33.3 Å². The van der Waals surface area contributed by atoms with Crippen molar-refractivity contribution in [2.75, 3.05) is 47.1 Å². The second kappa shape index (κ2) is 10.7. The number of nitrogens with zero attached hydrogens (tertiary/aromatic N) is 1. The Labute approximate surface area is 199 Å². The van der Waals surface area contributed by atoms with E-state index < -0.39 is 5.60 Å². The SMILES string of the molecule is COc1c(Cl)cc(C(=O)NC[C@@H]2CCN(C(=O)OC(C)(C)C)CC2OC)c2c1OCCCO2. The van der Waals surface area contributed by atoms with Crippen LogP contribution in [-0.2, 0) is 9.47 Å². The first kappa shape index (κ1) is 25.2. The lowest BCUT2D eigenvalue weighted by molar-refractivity contribution is -0.0280. The van der Waals surface area contributed by atoms with Gasteiger partial charge in [0, 0.05) is 32.5 Å². The number of hydrogen-bond donors (Lipinski definition) is 1. The highest BCUT2D eigenvalue weighted by Crippen LogP contribution is 2.46. The molecular formula is C23H33ClN2O7. The molecule has 0 spiro atoms. The molecule has 0 bridgehead atoms. The highest BCUT2D eigenvalue weighted by Gasteiger charge is 2.34. The molecule has 1 aromatic carbocycles. The molecule has 1 aromatic rings. The molecule has 9 nitrogen and oxygen atoms in total. The quantitative estimate of drug-likeness (QED) is 0.683. The first-order chi connectivity index (χ1) is 15.6. The fourth-order valence-electron chi connectivity index (χ4n) is 3.91. The molecule has 0 saturated carbocycles. The maximum absolute atomic E-state index is 13.1. The standard InChI is InChI=1S/C23H33ClN2O7/c1-23(2,3)33-22(28)26-8-7-14(17(13-26)29-4)12-25-21(27)15-11-16(24)19(30-5)20-18(15)31-9-6-10-32-20/h11,14,17H,6-10,12-13H2,1-5H3,(H,25,27)/t14-,17?/m0/s1. The van der Waals surface area contributed by atoms with E-state index in [9.17, 15) is 9.59 Å². The van der Waals surface area contributed by atoms with Crippen molar-refractivity contribution in [3.05, 3.63) is 16.7 Å². The third-order valence-corrected chi connectivity index (χ3v) is 5.83. The van der Waals surface area contributed by atoms with E-state index in [4.69, 9.17) is 35.3 Å². The number of ether oxygens (including phenoxy) is 5. The van der Waals surface area contributed by atoms with Crippen molar-refractivity contribution in [2.45, 2.75) is 45.3 Å². The molecule has 1 N–H and O–H groups in total. The summed E-state index contributed by atoms with van der Waals surface area (Å²) in [6.45, 7) is 7.66. The van der Waals surface area contributed by atoms with E-state index in [1.165, 1.54) is 13.2 Å². The van der Waals surface area contributed by atoms with E-state index in [2.05, 4.69) is 5.32 Å². The number of rotatable bonds is 5. The van der Waals surface area contributed by atoms with Crippen molar-refractivity contribution in [1.82, 2.24) is 10.2 Å². The number of amides is 2. The van der Waals surface area contributed by atoms with E-state index in [1.807, 2.05) is 20.8 Å². The Kier molecular flexibility index (Phi) is 8.18. The summed E-state index contributed by atoms with van der Waals surface area (Å²) in [6, 6.07) is 1.53. The van der Waals surface area contributed by atoms with Crippen molar-refractivity contribution >= 4 is 23.6 Å². The molecule has 1 saturated heterocycles. The van der Waals surface area contributed by atoms with Gasteiger partial charge >= 0.3 is 6.09 Å².